The van der Waals surface area contributed by atoms with Gasteiger partial charge in [-0.3, -0.25) is 14.6 Å². The first-order chi connectivity index (χ1) is 15.0. The van der Waals surface area contributed by atoms with E-state index in [4.69, 9.17) is 9.15 Å². The average Bonchev–Trinajstić information content (AvgIpc) is 3.37. The summed E-state index contributed by atoms with van der Waals surface area (Å²) in [6.45, 7) is 2.86. The summed E-state index contributed by atoms with van der Waals surface area (Å²) in [6, 6.07) is 11.4. The summed E-state index contributed by atoms with van der Waals surface area (Å²) in [6.07, 6.45) is 7.70. The van der Waals surface area contributed by atoms with E-state index in [1.807, 2.05) is 42.5 Å². The number of urea groups is 1. The van der Waals surface area contributed by atoms with Crippen LogP contribution in [0.25, 0.3) is 6.08 Å². The number of hydrogen-bond donors (Lipinski definition) is 0. The van der Waals surface area contributed by atoms with E-state index < -0.39 is 5.54 Å². The van der Waals surface area contributed by atoms with Gasteiger partial charge in [0.2, 0.25) is 0 Å². The molecule has 2 saturated heterocycles. The van der Waals surface area contributed by atoms with Crippen molar-refractivity contribution in [3.05, 3.63) is 60.1 Å². The zero-order valence-electron chi connectivity index (χ0n) is 18.1. The molecule has 0 aliphatic carbocycles. The van der Waals surface area contributed by atoms with Crippen LogP contribution in [0.5, 0.6) is 5.75 Å². The van der Waals surface area contributed by atoms with E-state index in [9.17, 15) is 9.59 Å². The standard InChI is InChI=1S/C24H29N3O4/c1-25-22(28)24(12-16-26(17-13-24)14-3-5-21-6-4-18-31-21)27(23(25)29)15-11-19-7-9-20(30-2)10-8-19/h3-10,18H,11-17H2,1-2H3. The molecule has 2 aromatic rings. The van der Waals surface area contributed by atoms with Crippen LogP contribution >= 0.6 is 0 Å². The van der Waals surface area contributed by atoms with Gasteiger partial charge < -0.3 is 14.1 Å². The SMILES string of the molecule is COc1ccc(CCN2C(=O)N(C)C(=O)C23CCN(CC=Cc2ccco2)CC3)cc1. The van der Waals surface area contributed by atoms with Crippen LogP contribution in [0, 0.1) is 0 Å². The number of carbonyl (C=O) groups is 2. The number of methoxy groups -OCH3 is 1. The Bertz CT molecular complexity index is 928. The number of nitrogens with zero attached hydrogens (tertiary/aromatic N) is 3. The molecule has 1 spiro atoms. The maximum Gasteiger partial charge on any atom is 0.327 e. The van der Waals surface area contributed by atoms with Crippen LogP contribution in [0.4, 0.5) is 4.79 Å². The molecular weight excluding hydrogens is 394 g/mol. The number of furan rings is 1. The molecule has 1 aromatic heterocycles. The normalized spacial score (nSPS) is 19.2. The molecule has 2 fully saturated rings. The summed E-state index contributed by atoms with van der Waals surface area (Å²) < 4.78 is 10.5. The van der Waals surface area contributed by atoms with Gasteiger partial charge in [-0.05, 0) is 55.2 Å². The van der Waals surface area contributed by atoms with Crippen molar-refractivity contribution in [1.29, 1.82) is 0 Å². The Morgan fingerprint density at radius 3 is 2.52 bits per heavy atom. The molecule has 2 aliphatic heterocycles. The van der Waals surface area contributed by atoms with E-state index in [0.717, 1.165) is 36.7 Å². The van der Waals surface area contributed by atoms with Gasteiger partial charge in [0.05, 0.1) is 13.4 Å². The first kappa shape index (κ1) is 21.2. The van der Waals surface area contributed by atoms with Gasteiger partial charge in [0, 0.05) is 33.2 Å². The van der Waals surface area contributed by atoms with Gasteiger partial charge in [0.15, 0.2) is 0 Å². The highest BCUT2D eigenvalue weighted by molar-refractivity contribution is 6.06. The quantitative estimate of drug-likeness (QED) is 0.640. The molecule has 4 rings (SSSR count). The van der Waals surface area contributed by atoms with E-state index in [1.54, 1.807) is 25.3 Å². The third kappa shape index (κ3) is 4.23. The monoisotopic (exact) mass is 423 g/mol. The fourth-order valence-corrected chi connectivity index (χ4v) is 4.51. The summed E-state index contributed by atoms with van der Waals surface area (Å²) in [4.78, 5) is 31.3. The van der Waals surface area contributed by atoms with Gasteiger partial charge in [-0.2, -0.15) is 0 Å². The Morgan fingerprint density at radius 2 is 1.87 bits per heavy atom. The fourth-order valence-electron chi connectivity index (χ4n) is 4.51. The van der Waals surface area contributed by atoms with Crippen molar-refractivity contribution in [2.75, 3.05) is 40.3 Å². The minimum absolute atomic E-state index is 0.0713. The van der Waals surface area contributed by atoms with Crippen molar-refractivity contribution < 1.29 is 18.7 Å². The number of carbonyl (C=O) groups excluding carboxylic acids is 2. The molecule has 31 heavy (non-hydrogen) atoms. The van der Waals surface area contributed by atoms with Gasteiger partial charge in [-0.25, -0.2) is 4.79 Å². The third-order valence-corrected chi connectivity index (χ3v) is 6.39. The van der Waals surface area contributed by atoms with Crippen LogP contribution in [0.3, 0.4) is 0 Å². The minimum Gasteiger partial charge on any atom is -0.497 e. The molecule has 7 nitrogen and oxygen atoms in total. The Balaban J connectivity index is 1.39. The zero-order valence-corrected chi connectivity index (χ0v) is 18.1. The molecule has 0 N–H and O–H groups in total. The molecule has 2 aliphatic rings. The summed E-state index contributed by atoms with van der Waals surface area (Å²) in [5.74, 6) is 1.57. The van der Waals surface area contributed by atoms with E-state index >= 15 is 0 Å². The second-order valence-electron chi connectivity index (χ2n) is 8.15. The molecule has 7 heteroatoms. The number of imide groups is 1. The lowest BCUT2D eigenvalue weighted by Crippen LogP contribution is -2.56. The Morgan fingerprint density at radius 1 is 1.13 bits per heavy atom. The summed E-state index contributed by atoms with van der Waals surface area (Å²) >= 11 is 0. The Labute approximate surface area is 182 Å². The second-order valence-corrected chi connectivity index (χ2v) is 8.15. The van der Waals surface area contributed by atoms with Crippen LogP contribution in [-0.2, 0) is 11.2 Å². The highest BCUT2D eigenvalue weighted by atomic mass is 16.5. The topological polar surface area (TPSA) is 66.2 Å². The highest BCUT2D eigenvalue weighted by Gasteiger charge is 2.56. The maximum absolute atomic E-state index is 13.1. The van der Waals surface area contributed by atoms with E-state index in [2.05, 4.69) is 11.0 Å². The van der Waals surface area contributed by atoms with Gasteiger partial charge in [0.25, 0.3) is 5.91 Å². The lowest BCUT2D eigenvalue weighted by molar-refractivity contribution is -0.134. The second kappa shape index (κ2) is 8.98. The number of rotatable bonds is 7. The van der Waals surface area contributed by atoms with Crippen molar-refractivity contribution in [2.45, 2.75) is 24.8 Å². The molecule has 0 atom stereocenters. The van der Waals surface area contributed by atoms with Crippen LogP contribution in [0.2, 0.25) is 0 Å². The van der Waals surface area contributed by atoms with Crippen LogP contribution in [-0.4, -0.2) is 72.5 Å². The molecule has 0 radical (unpaired) electrons. The molecule has 3 amide bonds. The molecule has 0 bridgehead atoms. The first-order valence-corrected chi connectivity index (χ1v) is 10.7. The zero-order chi connectivity index (χ0) is 21.8. The maximum atomic E-state index is 13.1. The molecule has 3 heterocycles. The summed E-state index contributed by atoms with van der Waals surface area (Å²) in [5, 5.41) is 0. The Kier molecular flexibility index (Phi) is 6.13. The molecule has 0 unspecified atom stereocenters. The van der Waals surface area contributed by atoms with Crippen molar-refractivity contribution in [2.24, 2.45) is 0 Å². The van der Waals surface area contributed by atoms with Crippen molar-refractivity contribution >= 4 is 18.0 Å². The predicted octanol–water partition coefficient (Wildman–Crippen LogP) is 3.27. The van der Waals surface area contributed by atoms with Crippen molar-refractivity contribution in [1.82, 2.24) is 14.7 Å². The molecular formula is C24H29N3O4. The van der Waals surface area contributed by atoms with Gasteiger partial charge in [-0.1, -0.05) is 18.2 Å². The molecule has 164 valence electrons. The minimum atomic E-state index is -0.723. The van der Waals surface area contributed by atoms with Gasteiger partial charge in [-0.15, -0.1) is 0 Å². The summed E-state index contributed by atoms with van der Waals surface area (Å²) in [7, 11) is 3.24. The van der Waals surface area contributed by atoms with Gasteiger partial charge in [0.1, 0.15) is 17.0 Å². The highest BCUT2D eigenvalue weighted by Crippen LogP contribution is 2.36. The number of amides is 3. The average molecular weight is 424 g/mol. The lowest BCUT2D eigenvalue weighted by atomic mass is 9.85. The van der Waals surface area contributed by atoms with Crippen molar-refractivity contribution in [3.8, 4) is 5.75 Å². The molecule has 1 aromatic carbocycles. The van der Waals surface area contributed by atoms with E-state index in [0.29, 0.717) is 25.8 Å². The van der Waals surface area contributed by atoms with E-state index in [1.165, 1.54) is 4.90 Å². The number of benzene rings is 1. The number of piperidine rings is 1. The summed E-state index contributed by atoms with van der Waals surface area (Å²) in [5.41, 5.74) is 0.394. The van der Waals surface area contributed by atoms with Crippen LogP contribution < -0.4 is 4.74 Å². The largest absolute Gasteiger partial charge is 0.497 e. The number of hydrogen-bond acceptors (Lipinski definition) is 5. The van der Waals surface area contributed by atoms with Gasteiger partial charge >= 0.3 is 6.03 Å². The fraction of sp³-hybridized carbons (Fsp3) is 0.417. The smallest absolute Gasteiger partial charge is 0.327 e. The van der Waals surface area contributed by atoms with Crippen molar-refractivity contribution in [3.63, 3.8) is 0 Å². The third-order valence-electron chi connectivity index (χ3n) is 6.39. The molecule has 0 saturated carbocycles. The number of likely N-dealkylation sites (tertiary alicyclic amines) is 1. The van der Waals surface area contributed by atoms with E-state index in [-0.39, 0.29) is 11.9 Å². The first-order valence-electron chi connectivity index (χ1n) is 10.7. The van der Waals surface area contributed by atoms with Crippen LogP contribution in [0.1, 0.15) is 24.2 Å². The Hall–Kier alpha value is -3.06. The number of likely N-dealkylation sites (N-methyl/N-ethyl adjacent to an activating group) is 1. The predicted molar refractivity (Wildman–Crippen MR) is 118 cm³/mol. The van der Waals surface area contributed by atoms with Crippen LogP contribution in [0.15, 0.2) is 53.2 Å². The number of ether oxygens (including phenoxy) is 1. The lowest BCUT2D eigenvalue weighted by Gasteiger charge is -2.42.